The molecule has 0 aliphatic heterocycles. The molecule has 3 heteroatoms. The minimum atomic E-state index is 0.561. The van der Waals surface area contributed by atoms with Crippen molar-refractivity contribution in [2.45, 2.75) is 31.7 Å². The van der Waals surface area contributed by atoms with Crippen molar-refractivity contribution < 1.29 is 0 Å². The van der Waals surface area contributed by atoms with Crippen molar-refractivity contribution in [2.75, 3.05) is 0 Å². The molecule has 0 amide bonds. The van der Waals surface area contributed by atoms with Crippen LogP contribution in [0.15, 0.2) is 36.5 Å². The van der Waals surface area contributed by atoms with Gasteiger partial charge < -0.3 is 9.55 Å². The van der Waals surface area contributed by atoms with E-state index in [0.717, 1.165) is 11.2 Å². The highest BCUT2D eigenvalue weighted by molar-refractivity contribution is 7.71. The van der Waals surface area contributed by atoms with Gasteiger partial charge in [0.15, 0.2) is 4.77 Å². The van der Waals surface area contributed by atoms with Crippen molar-refractivity contribution in [3.8, 4) is 0 Å². The van der Waals surface area contributed by atoms with Crippen LogP contribution in [0.25, 0.3) is 0 Å². The van der Waals surface area contributed by atoms with E-state index in [1.165, 1.54) is 17.7 Å². The molecule has 1 saturated carbocycles. The molecule has 1 aromatic heterocycles. The topological polar surface area (TPSA) is 20.7 Å². The molecule has 0 saturated heterocycles. The number of nitrogens with one attached hydrogen (secondary N) is 1. The lowest BCUT2D eigenvalue weighted by Crippen LogP contribution is -2.01. The van der Waals surface area contributed by atoms with Gasteiger partial charge in [0.25, 0.3) is 0 Å². The molecular formula is C14H16N2S. The fourth-order valence-corrected chi connectivity index (χ4v) is 2.89. The summed E-state index contributed by atoms with van der Waals surface area (Å²) in [5.74, 6) is 0.643. The molecule has 0 bridgehead atoms. The summed E-state index contributed by atoms with van der Waals surface area (Å²) in [6.45, 7) is 2.17. The second-order valence-corrected chi connectivity index (χ2v) is 5.02. The number of rotatable bonds is 3. The Bertz CT molecular complexity index is 567. The molecule has 1 aromatic carbocycles. The van der Waals surface area contributed by atoms with E-state index in [1.54, 1.807) is 0 Å². The molecule has 2 aromatic rings. The van der Waals surface area contributed by atoms with Gasteiger partial charge in [-0.1, -0.05) is 37.3 Å². The van der Waals surface area contributed by atoms with E-state index < -0.39 is 0 Å². The predicted octanol–water partition coefficient (Wildman–Crippen LogP) is 3.84. The van der Waals surface area contributed by atoms with Gasteiger partial charge >= 0.3 is 0 Å². The van der Waals surface area contributed by atoms with Crippen molar-refractivity contribution in [3.05, 3.63) is 52.6 Å². The maximum atomic E-state index is 5.37. The summed E-state index contributed by atoms with van der Waals surface area (Å²) in [4.78, 5) is 3.16. The van der Waals surface area contributed by atoms with Crippen LogP contribution in [-0.2, 0) is 6.42 Å². The van der Waals surface area contributed by atoms with Gasteiger partial charge in [-0.2, -0.15) is 0 Å². The third-order valence-corrected chi connectivity index (χ3v) is 3.88. The average Bonchev–Trinajstić information content (AvgIpc) is 3.07. The summed E-state index contributed by atoms with van der Waals surface area (Å²) < 4.78 is 3.16. The summed E-state index contributed by atoms with van der Waals surface area (Å²) in [6, 6.07) is 11.3. The molecule has 1 aliphatic carbocycles. The van der Waals surface area contributed by atoms with Crippen molar-refractivity contribution >= 4 is 12.2 Å². The minimum absolute atomic E-state index is 0.561. The number of hydrogen-bond donors (Lipinski definition) is 1. The van der Waals surface area contributed by atoms with Crippen molar-refractivity contribution in [2.24, 2.45) is 0 Å². The van der Waals surface area contributed by atoms with Crippen LogP contribution in [0, 0.1) is 4.77 Å². The van der Waals surface area contributed by atoms with Gasteiger partial charge in [-0.3, -0.25) is 0 Å². The zero-order valence-corrected chi connectivity index (χ0v) is 10.7. The van der Waals surface area contributed by atoms with Crippen molar-refractivity contribution in [1.29, 1.82) is 0 Å². The monoisotopic (exact) mass is 244 g/mol. The molecule has 2 unspecified atom stereocenters. The Morgan fingerprint density at radius 1 is 1.35 bits per heavy atom. The summed E-state index contributed by atoms with van der Waals surface area (Å²) >= 11 is 5.37. The van der Waals surface area contributed by atoms with Crippen LogP contribution >= 0.6 is 12.2 Å². The molecule has 17 heavy (non-hydrogen) atoms. The lowest BCUT2D eigenvalue weighted by Gasteiger charge is -2.06. The number of nitrogens with zero attached hydrogens (tertiary/aromatic N) is 1. The van der Waals surface area contributed by atoms with Crippen LogP contribution in [0.5, 0.6) is 0 Å². The van der Waals surface area contributed by atoms with E-state index in [1.807, 2.05) is 6.20 Å². The molecule has 2 nitrogen and oxygen atoms in total. The first-order chi connectivity index (χ1) is 8.31. The fourth-order valence-electron chi connectivity index (χ4n) is 2.58. The predicted molar refractivity (Wildman–Crippen MR) is 71.8 cm³/mol. The first kappa shape index (κ1) is 10.8. The lowest BCUT2D eigenvalue weighted by atomic mass is 10.1. The summed E-state index contributed by atoms with van der Waals surface area (Å²) in [6.07, 6.45) is 4.29. The van der Waals surface area contributed by atoms with E-state index in [0.29, 0.717) is 12.0 Å². The molecule has 0 spiro atoms. The number of aromatic nitrogens is 2. The van der Waals surface area contributed by atoms with Gasteiger partial charge in [0, 0.05) is 23.9 Å². The van der Waals surface area contributed by atoms with Crippen molar-refractivity contribution in [3.63, 3.8) is 0 Å². The minimum Gasteiger partial charge on any atom is -0.337 e. The summed E-state index contributed by atoms with van der Waals surface area (Å²) in [5, 5.41) is 0. The third kappa shape index (κ3) is 1.84. The van der Waals surface area contributed by atoms with Gasteiger partial charge in [0.2, 0.25) is 0 Å². The summed E-state index contributed by atoms with van der Waals surface area (Å²) in [5.41, 5.74) is 2.75. The molecule has 1 heterocycles. The number of hydrogen-bond acceptors (Lipinski definition) is 1. The number of H-pyrrole nitrogens is 1. The second kappa shape index (κ2) is 4.15. The third-order valence-electron chi connectivity index (χ3n) is 3.57. The van der Waals surface area contributed by atoms with Gasteiger partial charge in [0.1, 0.15) is 0 Å². The quantitative estimate of drug-likeness (QED) is 0.814. The molecule has 1 aliphatic rings. The van der Waals surface area contributed by atoms with Gasteiger partial charge in [-0.05, 0) is 30.6 Å². The molecule has 88 valence electrons. The van der Waals surface area contributed by atoms with Crippen LogP contribution in [0.1, 0.15) is 36.6 Å². The number of aromatic amines is 1. The average molecular weight is 244 g/mol. The van der Waals surface area contributed by atoms with E-state index in [4.69, 9.17) is 12.2 Å². The smallest absolute Gasteiger partial charge is 0.177 e. The van der Waals surface area contributed by atoms with Gasteiger partial charge in [-0.25, -0.2) is 0 Å². The Kier molecular flexibility index (Phi) is 2.63. The fraction of sp³-hybridized carbons (Fsp3) is 0.357. The van der Waals surface area contributed by atoms with Crippen LogP contribution in [0.4, 0.5) is 0 Å². The SMILES string of the molecule is CCc1c[nH]c(=S)n1C1CC1c1ccccc1. The van der Waals surface area contributed by atoms with Gasteiger partial charge in [0.05, 0.1) is 0 Å². The van der Waals surface area contributed by atoms with Crippen LogP contribution in [-0.4, -0.2) is 9.55 Å². The van der Waals surface area contributed by atoms with E-state index in [-0.39, 0.29) is 0 Å². The maximum absolute atomic E-state index is 5.37. The number of benzene rings is 1. The molecular weight excluding hydrogens is 228 g/mol. The maximum Gasteiger partial charge on any atom is 0.177 e. The highest BCUT2D eigenvalue weighted by atomic mass is 32.1. The molecule has 1 N–H and O–H groups in total. The largest absolute Gasteiger partial charge is 0.337 e. The van der Waals surface area contributed by atoms with E-state index >= 15 is 0 Å². The lowest BCUT2D eigenvalue weighted by molar-refractivity contribution is 0.670. The highest BCUT2D eigenvalue weighted by Crippen LogP contribution is 2.51. The van der Waals surface area contributed by atoms with E-state index in [2.05, 4.69) is 46.8 Å². The Morgan fingerprint density at radius 3 is 2.82 bits per heavy atom. The molecule has 3 rings (SSSR count). The molecule has 2 atom stereocenters. The van der Waals surface area contributed by atoms with Crippen LogP contribution in [0.2, 0.25) is 0 Å². The van der Waals surface area contributed by atoms with Crippen LogP contribution in [0.3, 0.4) is 0 Å². The zero-order chi connectivity index (χ0) is 11.8. The number of imidazole rings is 1. The second-order valence-electron chi connectivity index (χ2n) is 4.63. The van der Waals surface area contributed by atoms with Crippen LogP contribution < -0.4 is 0 Å². The normalized spacial score (nSPS) is 22.6. The Labute approximate surface area is 106 Å². The van der Waals surface area contributed by atoms with Crippen molar-refractivity contribution in [1.82, 2.24) is 9.55 Å². The Hall–Kier alpha value is -1.35. The Balaban J connectivity index is 1.90. The molecule has 0 radical (unpaired) electrons. The van der Waals surface area contributed by atoms with E-state index in [9.17, 15) is 0 Å². The highest BCUT2D eigenvalue weighted by Gasteiger charge is 2.40. The zero-order valence-electron chi connectivity index (χ0n) is 9.89. The molecule has 1 fully saturated rings. The van der Waals surface area contributed by atoms with Gasteiger partial charge in [-0.15, -0.1) is 0 Å². The standard InChI is InChI=1S/C14H16N2S/c1-2-11-9-15-14(17)16(11)13-8-12(13)10-6-4-3-5-7-10/h3-7,9,12-13H,2,8H2,1H3,(H,15,17). The summed E-state index contributed by atoms with van der Waals surface area (Å²) in [7, 11) is 0. The first-order valence-electron chi connectivity index (χ1n) is 6.15. The first-order valence-corrected chi connectivity index (χ1v) is 6.55. The number of aryl methyl sites for hydroxylation is 1. The Morgan fingerprint density at radius 2 is 2.12 bits per heavy atom.